The molecule has 0 saturated heterocycles. The van der Waals surface area contributed by atoms with Gasteiger partial charge in [-0.25, -0.2) is 0 Å². The van der Waals surface area contributed by atoms with Gasteiger partial charge in [0.2, 0.25) is 0 Å². The van der Waals surface area contributed by atoms with Crippen molar-refractivity contribution in [1.82, 2.24) is 0 Å². The first kappa shape index (κ1) is 25.6. The van der Waals surface area contributed by atoms with Crippen LogP contribution in [0.4, 0.5) is 0 Å². The van der Waals surface area contributed by atoms with Gasteiger partial charge in [-0.2, -0.15) is 0 Å². The molecule has 4 aromatic rings. The van der Waals surface area contributed by atoms with Crippen LogP contribution in [-0.4, -0.2) is 10.6 Å². The van der Waals surface area contributed by atoms with Crippen LogP contribution in [0.15, 0.2) is 82.6 Å². The molecule has 0 spiro atoms. The van der Waals surface area contributed by atoms with Gasteiger partial charge in [0, 0.05) is 0 Å². The quantitative estimate of drug-likeness (QED) is 0.183. The molecule has 6 rings (SSSR count). The number of halogens is 2. The van der Waals surface area contributed by atoms with Gasteiger partial charge in [-0.1, -0.05) is 0 Å². The molecule has 0 bridgehead atoms. The molecule has 2 atom stereocenters. The Morgan fingerprint density at radius 3 is 1.47 bits per heavy atom. The van der Waals surface area contributed by atoms with Crippen LogP contribution < -0.4 is 0 Å². The summed E-state index contributed by atoms with van der Waals surface area (Å²) in [5.74, 6) is 4.92. The van der Waals surface area contributed by atoms with E-state index in [1.165, 1.54) is 54.3 Å². The second-order valence-electron chi connectivity index (χ2n) is 10.6. The molecule has 36 heavy (non-hydrogen) atoms. The van der Waals surface area contributed by atoms with Crippen LogP contribution in [0.5, 0.6) is 0 Å². The maximum absolute atomic E-state index is 8.32. The Labute approximate surface area is 232 Å². The van der Waals surface area contributed by atoms with Crippen molar-refractivity contribution < 1.29 is 13.9 Å². The number of thiophene rings is 2. The van der Waals surface area contributed by atoms with Gasteiger partial charge in [0.25, 0.3) is 0 Å². The average molecular weight is 688 g/mol. The third kappa shape index (κ3) is 3.68. The Hall–Kier alpha value is -0.674. The van der Waals surface area contributed by atoms with Gasteiger partial charge in [0.05, 0.1) is 0 Å². The summed E-state index contributed by atoms with van der Waals surface area (Å²) in [5.41, 5.74) is 10.7. The molecule has 2 aromatic carbocycles. The molecule has 0 radical (unpaired) electrons. The number of fused-ring (bicyclic) bond motifs is 2. The normalized spacial score (nSPS) is 20.0. The SMILES string of the molecule is CC1=Cc2c(-c3cccs3)cccc2[CH]1[Zr]([Cl])([Cl])([CH]1C(C)=Cc2c(-c3cccs3)cccc21)[GeH]([CH3])[CH3]. The summed E-state index contributed by atoms with van der Waals surface area (Å²) in [4.78, 5) is 2.62. The van der Waals surface area contributed by atoms with Crippen molar-refractivity contribution >= 4 is 62.4 Å². The van der Waals surface area contributed by atoms with Crippen LogP contribution in [0, 0.1) is 0 Å². The van der Waals surface area contributed by atoms with Crippen LogP contribution in [0.2, 0.25) is 11.5 Å². The van der Waals surface area contributed by atoms with Gasteiger partial charge in [-0.3, -0.25) is 0 Å². The van der Waals surface area contributed by atoms with E-state index in [2.05, 4.69) is 109 Å². The van der Waals surface area contributed by atoms with Crippen LogP contribution in [-0.2, 0) is 13.9 Å². The predicted octanol–water partition coefficient (Wildman–Crippen LogP) is 10.7. The molecule has 183 valence electrons. The summed E-state index contributed by atoms with van der Waals surface area (Å²) >= 11 is -0.934. The molecule has 0 aliphatic heterocycles. The van der Waals surface area contributed by atoms with Crippen molar-refractivity contribution in [2.75, 3.05) is 0 Å². The molecule has 2 heterocycles. The number of benzene rings is 2. The molecule has 0 amide bonds. The van der Waals surface area contributed by atoms with Crippen molar-refractivity contribution in [2.24, 2.45) is 0 Å². The Morgan fingerprint density at radius 2 is 1.11 bits per heavy atom. The molecule has 2 aliphatic rings. The molecule has 0 saturated carbocycles. The Kier molecular flexibility index (Phi) is 6.55. The van der Waals surface area contributed by atoms with E-state index in [0.717, 1.165) is 0 Å². The van der Waals surface area contributed by atoms with Crippen molar-refractivity contribution in [2.45, 2.75) is 32.6 Å². The van der Waals surface area contributed by atoms with Crippen molar-refractivity contribution in [1.29, 1.82) is 0 Å². The first-order valence-corrected chi connectivity index (χ1v) is 36.8. The van der Waals surface area contributed by atoms with Crippen molar-refractivity contribution in [3.05, 3.63) is 105 Å². The van der Waals surface area contributed by atoms with Crippen LogP contribution >= 0.6 is 39.7 Å². The summed E-state index contributed by atoms with van der Waals surface area (Å²) in [7, 11) is 14.5. The molecular formula is C30H29Cl2GeS2Zr. The van der Waals surface area contributed by atoms with E-state index < -0.39 is 24.4 Å². The third-order valence-corrected chi connectivity index (χ3v) is 92.4. The summed E-state index contributed by atoms with van der Waals surface area (Å²) in [6.45, 7) is 4.56. The van der Waals surface area contributed by atoms with E-state index >= 15 is 0 Å². The second kappa shape index (κ2) is 9.21. The Bertz CT molecular complexity index is 1420. The maximum atomic E-state index is 8.32. The van der Waals surface area contributed by atoms with E-state index in [0.29, 0.717) is 0 Å². The molecule has 2 aromatic heterocycles. The number of hydrogen-bond donors (Lipinski definition) is 0. The molecular weight excluding hydrogens is 659 g/mol. The summed E-state index contributed by atoms with van der Waals surface area (Å²) in [6, 6.07) is 22.3. The second-order valence-corrected chi connectivity index (χ2v) is 76.6. The van der Waals surface area contributed by atoms with Crippen LogP contribution in [0.1, 0.15) is 43.4 Å². The van der Waals surface area contributed by atoms with E-state index in [1.807, 2.05) is 0 Å². The van der Waals surface area contributed by atoms with Gasteiger partial charge in [-0.15, -0.1) is 0 Å². The summed E-state index contributed by atoms with van der Waals surface area (Å²) < 4.78 is 0.323. The van der Waals surface area contributed by atoms with Crippen LogP contribution in [0.3, 0.4) is 0 Å². The predicted molar refractivity (Wildman–Crippen MR) is 163 cm³/mol. The third-order valence-electron chi connectivity index (χ3n) is 8.34. The molecule has 0 N–H and O–H groups in total. The Balaban J connectivity index is 1.57. The number of rotatable bonds is 5. The van der Waals surface area contributed by atoms with Crippen LogP contribution in [0.25, 0.3) is 33.0 Å². The fourth-order valence-corrected chi connectivity index (χ4v) is 55.6. The standard InChI is InChI=1S/2C14H11S.C2H7Ge.2ClH.Zr/c2*1-10-8-11-4-2-5-12(13(11)9-10)14-6-3-7-15-14;1-3-2;;;/h2*2-9H,1H3;3H,1-2H3;2*1H;/q;;;;;+2/p-2. The zero-order valence-electron chi connectivity index (χ0n) is 20.9. The molecule has 2 aliphatic carbocycles. The van der Waals surface area contributed by atoms with E-state index in [9.17, 15) is 0 Å². The van der Waals surface area contributed by atoms with E-state index in [4.69, 9.17) is 17.0 Å². The first-order chi connectivity index (χ1) is 17.2. The van der Waals surface area contributed by atoms with Gasteiger partial charge in [0.1, 0.15) is 0 Å². The van der Waals surface area contributed by atoms with Gasteiger partial charge < -0.3 is 0 Å². The number of hydrogen-bond acceptors (Lipinski definition) is 2. The fourth-order valence-electron chi connectivity index (χ4n) is 6.70. The summed E-state index contributed by atoms with van der Waals surface area (Å²) in [5, 5.41) is 4.31. The zero-order chi connectivity index (χ0) is 25.3. The van der Waals surface area contributed by atoms with Crippen molar-refractivity contribution in [3.63, 3.8) is 0 Å². The molecule has 6 heteroatoms. The average Bonchev–Trinajstić information content (AvgIpc) is 3.63. The Morgan fingerprint density at radius 1 is 0.667 bits per heavy atom. The minimum absolute atomic E-state index is 0.161. The van der Waals surface area contributed by atoms with Crippen molar-refractivity contribution in [3.8, 4) is 20.9 Å². The van der Waals surface area contributed by atoms with Gasteiger partial charge >= 0.3 is 235 Å². The number of allylic oxidation sites excluding steroid dienone is 2. The zero-order valence-corrected chi connectivity index (χ0v) is 28.9. The first-order valence-electron chi connectivity index (χ1n) is 12.5. The van der Waals surface area contributed by atoms with Gasteiger partial charge in [-0.05, 0) is 0 Å². The molecule has 2 unspecified atom stereocenters. The monoisotopic (exact) mass is 687 g/mol. The molecule has 0 fully saturated rings. The van der Waals surface area contributed by atoms with E-state index in [1.54, 1.807) is 22.7 Å². The minimum atomic E-state index is -4.53. The summed E-state index contributed by atoms with van der Waals surface area (Å²) in [6.07, 6.45) is 4.80. The molecule has 0 nitrogen and oxygen atoms in total. The topological polar surface area (TPSA) is 0 Å². The van der Waals surface area contributed by atoms with Gasteiger partial charge in [0.15, 0.2) is 0 Å². The fraction of sp³-hybridized carbons (Fsp3) is 0.200. The van der Waals surface area contributed by atoms with E-state index in [-0.39, 0.29) is 7.25 Å².